The van der Waals surface area contributed by atoms with Crippen LogP contribution in [-0.2, 0) is 4.74 Å². The average molecular weight is 355 g/mol. The van der Waals surface area contributed by atoms with E-state index in [4.69, 9.17) is 17.0 Å². The summed E-state index contributed by atoms with van der Waals surface area (Å²) in [6, 6.07) is 2.17. The highest BCUT2D eigenvalue weighted by Gasteiger charge is 2.35. The topological polar surface area (TPSA) is 9.23 Å². The summed E-state index contributed by atoms with van der Waals surface area (Å²) in [6.45, 7) is 13.6. The van der Waals surface area contributed by atoms with Crippen molar-refractivity contribution in [2.24, 2.45) is 10.8 Å². The predicted octanol–water partition coefficient (Wildman–Crippen LogP) is 6.95. The molecule has 1 aliphatic carbocycles. The largest absolute Gasteiger partial charge is 0.496 e. The standard InChI is InChI=1S/C18H26OS3/c1-17(2,3)12-8-11(14-10-15(20)22-21-14)9-13(16(12)19-7)18(4,5)6/h8,10-11H,9H2,1-7H3. The molecule has 1 nitrogen and oxygen atoms in total. The maximum atomic E-state index is 5.86. The van der Waals surface area contributed by atoms with Crippen LogP contribution in [-0.4, -0.2) is 7.11 Å². The molecule has 1 heterocycles. The second-order valence-corrected chi connectivity index (χ2v) is 10.9. The van der Waals surface area contributed by atoms with Gasteiger partial charge in [-0.3, -0.25) is 0 Å². The van der Waals surface area contributed by atoms with Crippen molar-refractivity contribution in [2.45, 2.75) is 53.9 Å². The first kappa shape index (κ1) is 17.9. The van der Waals surface area contributed by atoms with Gasteiger partial charge in [0, 0.05) is 10.8 Å². The molecule has 1 atom stereocenters. The van der Waals surface area contributed by atoms with Crippen LogP contribution < -0.4 is 0 Å². The molecule has 4 heteroatoms. The van der Waals surface area contributed by atoms with E-state index in [2.05, 4.69) is 53.7 Å². The Hall–Kier alpha value is -0.450. The van der Waals surface area contributed by atoms with Crippen LogP contribution in [0.5, 0.6) is 0 Å². The lowest BCUT2D eigenvalue weighted by atomic mass is 9.71. The Labute approximate surface area is 147 Å². The third-order valence-corrected chi connectivity index (χ3v) is 7.10. The van der Waals surface area contributed by atoms with E-state index < -0.39 is 0 Å². The molecule has 0 amide bonds. The lowest BCUT2D eigenvalue weighted by Crippen LogP contribution is -2.24. The van der Waals surface area contributed by atoms with Gasteiger partial charge in [-0.15, -0.1) is 0 Å². The number of allylic oxidation sites excluding steroid dienone is 3. The summed E-state index contributed by atoms with van der Waals surface area (Å²) in [5.41, 5.74) is 2.90. The van der Waals surface area contributed by atoms with Crippen molar-refractivity contribution >= 4 is 32.9 Å². The summed E-state index contributed by atoms with van der Waals surface area (Å²) in [6.07, 6.45) is 3.43. The average Bonchev–Trinajstić information content (AvgIpc) is 2.81. The zero-order valence-corrected chi connectivity index (χ0v) is 17.0. The van der Waals surface area contributed by atoms with Crippen LogP contribution in [0.2, 0.25) is 0 Å². The van der Waals surface area contributed by atoms with Crippen LogP contribution in [0.1, 0.15) is 58.8 Å². The molecule has 0 saturated heterocycles. The van der Waals surface area contributed by atoms with Crippen molar-refractivity contribution < 1.29 is 4.74 Å². The highest BCUT2D eigenvalue weighted by Crippen LogP contribution is 2.48. The summed E-state index contributed by atoms with van der Waals surface area (Å²) in [4.78, 5) is 1.38. The number of rotatable bonds is 2. The van der Waals surface area contributed by atoms with Crippen LogP contribution in [0.4, 0.5) is 0 Å². The lowest BCUT2D eigenvalue weighted by Gasteiger charge is -2.37. The molecular formula is C18H26OS3. The SMILES string of the molecule is COC1=C(C(C)(C)C)CC(c2cc(=S)ss2)C=C1C(C)(C)C. The van der Waals surface area contributed by atoms with Crippen molar-refractivity contribution in [3.8, 4) is 0 Å². The van der Waals surface area contributed by atoms with Gasteiger partial charge in [-0.05, 0) is 34.5 Å². The van der Waals surface area contributed by atoms with E-state index >= 15 is 0 Å². The van der Waals surface area contributed by atoms with Gasteiger partial charge in [0.15, 0.2) is 0 Å². The van der Waals surface area contributed by atoms with E-state index in [-0.39, 0.29) is 10.8 Å². The molecule has 2 rings (SSSR count). The second-order valence-electron chi connectivity index (χ2n) is 7.94. The number of hydrogen-bond acceptors (Lipinski definition) is 4. The highest BCUT2D eigenvalue weighted by molar-refractivity contribution is 7.79. The fourth-order valence-electron chi connectivity index (χ4n) is 2.89. The van der Waals surface area contributed by atoms with E-state index in [1.54, 1.807) is 17.5 Å². The van der Waals surface area contributed by atoms with E-state index in [0.717, 1.165) is 16.0 Å². The van der Waals surface area contributed by atoms with Gasteiger partial charge in [0.2, 0.25) is 0 Å². The van der Waals surface area contributed by atoms with E-state index in [9.17, 15) is 0 Å². The molecule has 0 aromatic carbocycles. The third-order valence-electron chi connectivity index (χ3n) is 4.07. The number of methoxy groups -OCH3 is 1. The third kappa shape index (κ3) is 3.72. The first-order valence-electron chi connectivity index (χ1n) is 7.64. The minimum absolute atomic E-state index is 0.0675. The monoisotopic (exact) mass is 354 g/mol. The summed E-state index contributed by atoms with van der Waals surface area (Å²) in [5.74, 6) is 1.51. The summed E-state index contributed by atoms with van der Waals surface area (Å²) in [7, 11) is 5.32. The van der Waals surface area contributed by atoms with E-state index in [1.807, 2.05) is 10.3 Å². The molecule has 0 saturated carbocycles. The van der Waals surface area contributed by atoms with Crippen LogP contribution in [0.15, 0.2) is 29.0 Å². The van der Waals surface area contributed by atoms with Gasteiger partial charge in [-0.1, -0.05) is 80.5 Å². The van der Waals surface area contributed by atoms with E-state index in [0.29, 0.717) is 5.92 Å². The van der Waals surface area contributed by atoms with Gasteiger partial charge in [-0.2, -0.15) is 0 Å². The van der Waals surface area contributed by atoms with Crippen LogP contribution in [0.3, 0.4) is 0 Å². The summed E-state index contributed by atoms with van der Waals surface area (Å²) in [5, 5.41) is 0. The van der Waals surface area contributed by atoms with Gasteiger partial charge >= 0.3 is 0 Å². The van der Waals surface area contributed by atoms with Gasteiger partial charge in [-0.25, -0.2) is 0 Å². The van der Waals surface area contributed by atoms with Gasteiger partial charge in [0.25, 0.3) is 0 Å². The van der Waals surface area contributed by atoms with Crippen molar-refractivity contribution in [3.05, 3.63) is 37.7 Å². The zero-order chi connectivity index (χ0) is 16.7. The zero-order valence-electron chi connectivity index (χ0n) is 14.6. The minimum Gasteiger partial charge on any atom is -0.496 e. The van der Waals surface area contributed by atoms with Gasteiger partial charge in [0.05, 0.1) is 7.11 Å². The second kappa shape index (κ2) is 6.21. The quantitative estimate of drug-likeness (QED) is 0.420. The fourth-order valence-corrected chi connectivity index (χ4v) is 5.46. The molecule has 22 heavy (non-hydrogen) atoms. The van der Waals surface area contributed by atoms with Gasteiger partial charge < -0.3 is 4.74 Å². The Morgan fingerprint density at radius 1 is 1.09 bits per heavy atom. The van der Waals surface area contributed by atoms with Crippen molar-refractivity contribution in [1.29, 1.82) is 0 Å². The molecule has 0 N–H and O–H groups in total. The summed E-state index contributed by atoms with van der Waals surface area (Å²) >= 11 is 5.33. The van der Waals surface area contributed by atoms with Crippen molar-refractivity contribution in [3.63, 3.8) is 0 Å². The first-order chi connectivity index (χ1) is 10.0. The minimum atomic E-state index is 0.0675. The van der Waals surface area contributed by atoms with Crippen LogP contribution >= 0.6 is 32.9 Å². The summed E-state index contributed by atoms with van der Waals surface area (Å²) < 4.78 is 6.85. The van der Waals surface area contributed by atoms with E-state index in [1.165, 1.54) is 16.0 Å². The van der Waals surface area contributed by atoms with Gasteiger partial charge in [0.1, 0.15) is 9.58 Å². The fraction of sp³-hybridized carbons (Fsp3) is 0.611. The van der Waals surface area contributed by atoms with Crippen LogP contribution in [0, 0.1) is 14.7 Å². The molecule has 1 aromatic heterocycles. The normalized spacial score (nSPS) is 20.1. The molecule has 0 radical (unpaired) electrons. The van der Waals surface area contributed by atoms with Crippen molar-refractivity contribution in [2.75, 3.05) is 7.11 Å². The molecule has 0 aliphatic heterocycles. The molecule has 1 aromatic rings. The Balaban J connectivity index is 2.59. The molecule has 1 unspecified atom stereocenters. The Morgan fingerprint density at radius 2 is 1.73 bits per heavy atom. The maximum Gasteiger partial charge on any atom is 0.122 e. The highest BCUT2D eigenvalue weighted by atomic mass is 32.9. The predicted molar refractivity (Wildman–Crippen MR) is 101 cm³/mol. The smallest absolute Gasteiger partial charge is 0.122 e. The Bertz CT molecular complexity index is 659. The lowest BCUT2D eigenvalue weighted by molar-refractivity contribution is 0.258. The maximum absolute atomic E-state index is 5.86. The molecular weight excluding hydrogens is 328 g/mol. The number of hydrogen-bond donors (Lipinski definition) is 0. The van der Waals surface area contributed by atoms with Crippen molar-refractivity contribution in [1.82, 2.24) is 0 Å². The molecule has 0 bridgehead atoms. The molecule has 122 valence electrons. The Morgan fingerprint density at radius 3 is 2.14 bits per heavy atom. The molecule has 0 spiro atoms. The molecule has 1 aliphatic rings. The molecule has 0 fully saturated rings. The first-order valence-corrected chi connectivity index (χ1v) is 10.2. The Kier molecular flexibility index (Phi) is 5.06. The van der Waals surface area contributed by atoms with Crippen LogP contribution in [0.25, 0.3) is 0 Å². The number of ether oxygens (including phenoxy) is 1.